The number of rotatable bonds is 4. The fourth-order valence-electron chi connectivity index (χ4n) is 3.43. The first-order chi connectivity index (χ1) is 11.7. The van der Waals surface area contributed by atoms with Gasteiger partial charge in [0, 0.05) is 13.1 Å². The molecule has 2 saturated heterocycles. The van der Waals surface area contributed by atoms with Gasteiger partial charge in [0.1, 0.15) is 5.82 Å². The van der Waals surface area contributed by atoms with Gasteiger partial charge in [-0.3, -0.25) is 0 Å². The molecule has 7 nitrogen and oxygen atoms in total. The van der Waals surface area contributed by atoms with E-state index in [2.05, 4.69) is 10.6 Å². The lowest BCUT2D eigenvalue weighted by Crippen LogP contribution is -2.55. The lowest BCUT2D eigenvalue weighted by molar-refractivity contribution is 0.101. The number of aliphatic hydroxyl groups excluding tert-OH is 1. The Bertz CT molecular complexity index is 747. The van der Waals surface area contributed by atoms with Crippen LogP contribution in [0.5, 0.6) is 0 Å². The summed E-state index contributed by atoms with van der Waals surface area (Å²) in [6.45, 7) is 2.22. The molecule has 0 spiro atoms. The number of hydrogen-bond acceptors (Lipinski definition) is 4. The number of nitrogens with zero attached hydrogens (tertiary/aromatic N) is 1. The topological polar surface area (TPSA) is 98.7 Å². The van der Waals surface area contributed by atoms with Gasteiger partial charge in [0.05, 0.1) is 11.3 Å². The molecule has 0 aromatic heterocycles. The molecule has 0 saturated carbocycles. The third-order valence-corrected chi connectivity index (χ3v) is 7.06. The fourth-order valence-corrected chi connectivity index (χ4v) is 5.37. The van der Waals surface area contributed by atoms with E-state index in [4.69, 9.17) is 0 Å². The van der Waals surface area contributed by atoms with Gasteiger partial charge in [0.25, 0.3) is 0 Å². The molecule has 3 rings (SSSR count). The van der Waals surface area contributed by atoms with Gasteiger partial charge >= 0.3 is 6.03 Å². The second-order valence-electron chi connectivity index (χ2n) is 6.90. The van der Waals surface area contributed by atoms with E-state index in [1.165, 1.54) is 23.4 Å². The van der Waals surface area contributed by atoms with Crippen molar-refractivity contribution >= 4 is 16.1 Å². The normalized spacial score (nSPS) is 28.6. The van der Waals surface area contributed by atoms with Crippen molar-refractivity contribution in [2.75, 3.05) is 18.8 Å². The number of hydrogen-bond donors (Lipinski definition) is 3. The standard InChI is InChI=1S/C16H22FN3O4S/c1-16(14(21)18-15(22)19-16)10-25(23,24)20-8-6-12(7-9-20)11-2-4-13(17)5-3-11/h2-5,12,14,21H,6-10H2,1H3,(H2,18,19,22). The molecule has 2 amide bonds. The smallest absolute Gasteiger partial charge is 0.317 e. The zero-order valence-corrected chi connectivity index (χ0v) is 14.7. The van der Waals surface area contributed by atoms with Crippen molar-refractivity contribution in [1.82, 2.24) is 14.9 Å². The summed E-state index contributed by atoms with van der Waals surface area (Å²) < 4.78 is 39.8. The van der Waals surface area contributed by atoms with Crippen LogP contribution < -0.4 is 10.6 Å². The molecule has 138 valence electrons. The summed E-state index contributed by atoms with van der Waals surface area (Å²) in [4.78, 5) is 11.3. The summed E-state index contributed by atoms with van der Waals surface area (Å²) in [7, 11) is -3.64. The summed E-state index contributed by atoms with van der Waals surface area (Å²) in [5.41, 5.74) is -0.253. The molecule has 2 atom stereocenters. The number of aliphatic hydroxyl groups is 1. The van der Waals surface area contributed by atoms with Gasteiger partial charge in [-0.2, -0.15) is 0 Å². The van der Waals surface area contributed by atoms with Crippen LogP contribution in [0.2, 0.25) is 0 Å². The van der Waals surface area contributed by atoms with E-state index in [1.54, 1.807) is 12.1 Å². The van der Waals surface area contributed by atoms with Gasteiger partial charge in [-0.1, -0.05) is 12.1 Å². The maximum Gasteiger partial charge on any atom is 0.317 e. The van der Waals surface area contributed by atoms with E-state index >= 15 is 0 Å². The van der Waals surface area contributed by atoms with Crippen LogP contribution in [0.4, 0.5) is 9.18 Å². The molecule has 1 aromatic rings. The molecule has 2 heterocycles. The number of amides is 2. The number of benzene rings is 1. The zero-order valence-electron chi connectivity index (χ0n) is 13.9. The van der Waals surface area contributed by atoms with E-state index in [0.29, 0.717) is 25.9 Å². The first-order valence-electron chi connectivity index (χ1n) is 8.20. The molecule has 2 aliphatic heterocycles. The number of carbonyl (C=O) groups is 1. The first kappa shape index (κ1) is 18.1. The molecule has 9 heteroatoms. The summed E-state index contributed by atoms with van der Waals surface area (Å²) >= 11 is 0. The minimum absolute atomic E-state index is 0.195. The van der Waals surface area contributed by atoms with Gasteiger partial charge in [-0.25, -0.2) is 21.9 Å². The lowest BCUT2D eigenvalue weighted by atomic mass is 9.90. The van der Waals surface area contributed by atoms with Crippen molar-refractivity contribution in [2.24, 2.45) is 0 Å². The van der Waals surface area contributed by atoms with E-state index < -0.39 is 27.8 Å². The maximum absolute atomic E-state index is 13.0. The second kappa shape index (κ2) is 6.54. The molecule has 1 aromatic carbocycles. The van der Waals surface area contributed by atoms with Crippen LogP contribution in [0.3, 0.4) is 0 Å². The summed E-state index contributed by atoms with van der Waals surface area (Å²) in [5.74, 6) is -0.468. The molecule has 0 bridgehead atoms. The second-order valence-corrected chi connectivity index (χ2v) is 8.87. The zero-order chi connectivity index (χ0) is 18.2. The van der Waals surface area contributed by atoms with Gasteiger partial charge < -0.3 is 15.7 Å². The van der Waals surface area contributed by atoms with E-state index in [-0.39, 0.29) is 17.5 Å². The van der Waals surface area contributed by atoms with E-state index in [1.807, 2.05) is 0 Å². The van der Waals surface area contributed by atoms with Crippen molar-refractivity contribution in [3.8, 4) is 0 Å². The maximum atomic E-state index is 13.0. The molecule has 3 N–H and O–H groups in total. The molecular formula is C16H22FN3O4S. The summed E-state index contributed by atoms with van der Waals surface area (Å²) in [5, 5.41) is 14.6. The largest absolute Gasteiger partial charge is 0.371 e. The molecule has 25 heavy (non-hydrogen) atoms. The van der Waals surface area contributed by atoms with Crippen LogP contribution >= 0.6 is 0 Å². The minimum Gasteiger partial charge on any atom is -0.371 e. The minimum atomic E-state index is -3.64. The Balaban J connectivity index is 1.63. The van der Waals surface area contributed by atoms with E-state index in [0.717, 1.165) is 5.56 Å². The third kappa shape index (κ3) is 3.78. The van der Waals surface area contributed by atoms with Gasteiger partial charge in [-0.05, 0) is 43.4 Å². The van der Waals surface area contributed by atoms with Crippen LogP contribution in [0.25, 0.3) is 0 Å². The third-order valence-electron chi connectivity index (χ3n) is 4.94. The molecule has 0 radical (unpaired) electrons. The quantitative estimate of drug-likeness (QED) is 0.726. The first-order valence-corrected chi connectivity index (χ1v) is 9.80. The Kier molecular flexibility index (Phi) is 4.74. The number of piperidine rings is 1. The lowest BCUT2D eigenvalue weighted by Gasteiger charge is -2.34. The molecule has 2 fully saturated rings. The van der Waals surface area contributed by atoms with Crippen molar-refractivity contribution in [3.05, 3.63) is 35.6 Å². The monoisotopic (exact) mass is 371 g/mol. The average Bonchev–Trinajstić information content (AvgIpc) is 2.79. The van der Waals surface area contributed by atoms with Crippen molar-refractivity contribution in [1.29, 1.82) is 0 Å². The Labute approximate surface area is 146 Å². The fraction of sp³-hybridized carbons (Fsp3) is 0.562. The van der Waals surface area contributed by atoms with Gasteiger partial charge in [0.2, 0.25) is 10.0 Å². The molecular weight excluding hydrogens is 349 g/mol. The molecule has 2 aliphatic rings. The van der Waals surface area contributed by atoms with E-state index in [9.17, 15) is 22.7 Å². The highest BCUT2D eigenvalue weighted by molar-refractivity contribution is 7.89. The Hall–Kier alpha value is -1.71. The number of nitrogens with one attached hydrogen (secondary N) is 2. The molecule has 0 aliphatic carbocycles. The van der Waals surface area contributed by atoms with Crippen molar-refractivity contribution in [3.63, 3.8) is 0 Å². The summed E-state index contributed by atoms with van der Waals surface area (Å²) in [6.07, 6.45) is 0.0373. The SMILES string of the molecule is CC1(CS(=O)(=O)N2CCC(c3ccc(F)cc3)CC2)NC(=O)NC1O. The number of sulfonamides is 1. The predicted molar refractivity (Wildman–Crippen MR) is 89.8 cm³/mol. The average molecular weight is 371 g/mol. The number of halogens is 1. The summed E-state index contributed by atoms with van der Waals surface area (Å²) in [6, 6.07) is 5.72. The van der Waals surface area contributed by atoms with Crippen LogP contribution in [-0.4, -0.2) is 54.5 Å². The Morgan fingerprint density at radius 2 is 1.88 bits per heavy atom. The van der Waals surface area contributed by atoms with Crippen LogP contribution in [0.1, 0.15) is 31.2 Å². The Morgan fingerprint density at radius 1 is 1.28 bits per heavy atom. The highest BCUT2D eigenvalue weighted by atomic mass is 32.2. The van der Waals surface area contributed by atoms with Crippen LogP contribution in [0, 0.1) is 5.82 Å². The van der Waals surface area contributed by atoms with Crippen LogP contribution in [0.15, 0.2) is 24.3 Å². The highest BCUT2D eigenvalue weighted by Gasteiger charge is 2.46. The number of urea groups is 1. The highest BCUT2D eigenvalue weighted by Crippen LogP contribution is 2.30. The van der Waals surface area contributed by atoms with Gasteiger partial charge in [0.15, 0.2) is 6.23 Å². The van der Waals surface area contributed by atoms with Crippen molar-refractivity contribution < 1.29 is 22.7 Å². The Morgan fingerprint density at radius 3 is 2.40 bits per heavy atom. The number of carbonyl (C=O) groups excluding carboxylic acids is 1. The van der Waals surface area contributed by atoms with Crippen molar-refractivity contribution in [2.45, 2.75) is 37.5 Å². The van der Waals surface area contributed by atoms with Gasteiger partial charge in [-0.15, -0.1) is 0 Å². The predicted octanol–water partition coefficient (Wildman–Crippen LogP) is 0.725. The molecule has 2 unspecified atom stereocenters. The van der Waals surface area contributed by atoms with Crippen LogP contribution in [-0.2, 0) is 10.0 Å².